The molecule has 0 unspecified atom stereocenters. The number of hydrogen-bond acceptors (Lipinski definition) is 16. The molecule has 4 N–H and O–H groups in total. The predicted octanol–water partition coefficient (Wildman–Crippen LogP) is -2.61. The molecule has 0 saturated carbocycles. The SMILES string of the molecule is C#CCn1c(=O)n(C)c(=O)c2c1nc(S(C)(=O)=O)n2C.Cn1c(=O)c2c(nc(S(C)(=O)=O)n2C)n(CC#Cc2ccnc(N)n2)c1=O.Nc1nccc(I)n1. The summed E-state index contributed by atoms with van der Waals surface area (Å²) in [7, 11) is -1.94. The lowest BCUT2D eigenvalue weighted by molar-refractivity contribution is 0.585. The molecule has 0 bridgehead atoms. The van der Waals surface area contributed by atoms with E-state index < -0.39 is 42.2 Å². The van der Waals surface area contributed by atoms with E-state index in [0.717, 1.165) is 43.6 Å². The van der Waals surface area contributed by atoms with Gasteiger partial charge in [0.05, 0.1) is 13.1 Å². The molecule has 25 heteroatoms. The van der Waals surface area contributed by atoms with Gasteiger partial charge in [-0.15, -0.1) is 6.42 Å². The molecule has 0 saturated heterocycles. The van der Waals surface area contributed by atoms with Gasteiger partial charge in [-0.25, -0.2) is 46.4 Å². The Hall–Kier alpha value is -6.19. The lowest BCUT2D eigenvalue weighted by Crippen LogP contribution is -2.38. The first-order chi connectivity index (χ1) is 25.6. The molecule has 288 valence electrons. The molecule has 6 aromatic rings. The highest BCUT2D eigenvalue weighted by molar-refractivity contribution is 14.1. The standard InChI is InChI=1S/C15H15N7O4S.C11H12N4O4S.C4H4IN3/c1-20-10-11(19-14(20)27(3,25)26)22(15(24)21(2)12(10)23)8-4-5-9-6-7-17-13(16)18-9;1-5-6-15-8-7(9(16)14(3)11(15)17)13(2)10(12-8)20(4,18)19;5-3-1-2-7-4(6)8-3/h6-7H,8H2,1-3H3,(H2,16,17,18);1H,6H2,2-4H3;1-2H,(H2,6,7,8). The van der Waals surface area contributed by atoms with E-state index in [4.69, 9.17) is 17.9 Å². The van der Waals surface area contributed by atoms with E-state index >= 15 is 0 Å². The molecular weight excluding hydrogens is 875 g/mol. The molecular formula is C30H31IN14O8S2. The summed E-state index contributed by atoms with van der Waals surface area (Å²) >= 11 is 2.07. The number of aryl methyl sites for hydroxylation is 2. The zero-order valence-electron chi connectivity index (χ0n) is 29.8. The van der Waals surface area contributed by atoms with Crippen molar-refractivity contribution in [1.82, 2.24) is 57.3 Å². The van der Waals surface area contributed by atoms with Crippen LogP contribution in [0, 0.1) is 27.9 Å². The summed E-state index contributed by atoms with van der Waals surface area (Å²) in [5.74, 6) is 8.15. The van der Waals surface area contributed by atoms with Gasteiger partial charge in [-0.2, -0.15) is 9.97 Å². The van der Waals surface area contributed by atoms with Crippen molar-refractivity contribution in [3.8, 4) is 24.2 Å². The largest absolute Gasteiger partial charge is 0.368 e. The van der Waals surface area contributed by atoms with Gasteiger partial charge in [-0.1, -0.05) is 11.8 Å². The van der Waals surface area contributed by atoms with Crippen molar-refractivity contribution in [1.29, 1.82) is 0 Å². The Morgan fingerprint density at radius 2 is 1.13 bits per heavy atom. The Bertz CT molecular complexity index is 3070. The fourth-order valence-electron chi connectivity index (χ4n) is 4.86. The first-order valence-electron chi connectivity index (χ1n) is 15.1. The van der Waals surface area contributed by atoms with Gasteiger partial charge in [0.2, 0.25) is 41.9 Å². The highest BCUT2D eigenvalue weighted by atomic mass is 127. The molecule has 22 nitrogen and oxygen atoms in total. The molecule has 0 aromatic carbocycles. The summed E-state index contributed by atoms with van der Waals surface area (Å²) in [6, 6.07) is 3.34. The normalized spacial score (nSPS) is 11.2. The Kier molecular flexibility index (Phi) is 12.1. The van der Waals surface area contributed by atoms with Crippen molar-refractivity contribution in [2.24, 2.45) is 28.2 Å². The number of halogens is 1. The topological polar surface area (TPSA) is 296 Å². The van der Waals surface area contributed by atoms with Crippen LogP contribution in [0.5, 0.6) is 0 Å². The summed E-state index contributed by atoms with van der Waals surface area (Å²) < 4.78 is 54.3. The molecule has 0 spiro atoms. The molecule has 0 aliphatic heterocycles. The van der Waals surface area contributed by atoms with E-state index in [9.17, 15) is 36.0 Å². The molecule has 0 radical (unpaired) electrons. The van der Waals surface area contributed by atoms with Crippen LogP contribution < -0.4 is 34.0 Å². The number of aromatic nitrogens is 12. The number of fused-ring (bicyclic) bond motifs is 2. The van der Waals surface area contributed by atoms with Gasteiger partial charge in [0.25, 0.3) is 11.1 Å². The molecule has 0 fully saturated rings. The van der Waals surface area contributed by atoms with E-state index in [-0.39, 0.29) is 51.7 Å². The van der Waals surface area contributed by atoms with Crippen molar-refractivity contribution in [2.75, 3.05) is 24.0 Å². The number of imidazole rings is 2. The molecule has 6 aromatic heterocycles. The molecule has 6 heterocycles. The van der Waals surface area contributed by atoms with Crippen LogP contribution in [0.3, 0.4) is 0 Å². The summed E-state index contributed by atoms with van der Waals surface area (Å²) in [5.41, 5.74) is 8.42. The van der Waals surface area contributed by atoms with Gasteiger partial charge in [-0.05, 0) is 40.6 Å². The van der Waals surface area contributed by atoms with Gasteiger partial charge in [0.15, 0.2) is 22.3 Å². The van der Waals surface area contributed by atoms with Gasteiger partial charge >= 0.3 is 11.4 Å². The number of rotatable bonds is 4. The summed E-state index contributed by atoms with van der Waals surface area (Å²) in [5, 5.41) is -0.605. The Morgan fingerprint density at radius 1 is 0.691 bits per heavy atom. The summed E-state index contributed by atoms with van der Waals surface area (Å²) in [6.07, 6.45) is 10.2. The number of hydrogen-bond donors (Lipinski definition) is 2. The molecule has 0 atom stereocenters. The fraction of sp³-hybridized carbons (Fsp3) is 0.267. The Labute approximate surface area is 324 Å². The second-order valence-corrected chi connectivity index (χ2v) is 16.2. The third-order valence-electron chi connectivity index (χ3n) is 7.31. The van der Waals surface area contributed by atoms with E-state index in [0.29, 0.717) is 11.6 Å². The van der Waals surface area contributed by atoms with E-state index in [1.165, 1.54) is 34.4 Å². The molecule has 0 aliphatic rings. The van der Waals surface area contributed by atoms with Crippen LogP contribution >= 0.6 is 22.6 Å². The number of nitrogens with two attached hydrogens (primary N) is 2. The van der Waals surface area contributed by atoms with Crippen LogP contribution in [0.2, 0.25) is 0 Å². The van der Waals surface area contributed by atoms with E-state index in [1.807, 2.05) is 0 Å². The van der Waals surface area contributed by atoms with Crippen LogP contribution in [0.15, 0.2) is 54.0 Å². The zero-order valence-corrected chi connectivity index (χ0v) is 33.6. The second-order valence-electron chi connectivity index (χ2n) is 11.3. The van der Waals surface area contributed by atoms with Crippen molar-refractivity contribution in [3.63, 3.8) is 0 Å². The number of anilines is 2. The van der Waals surface area contributed by atoms with Crippen molar-refractivity contribution in [2.45, 2.75) is 23.4 Å². The average molecular weight is 907 g/mol. The lowest BCUT2D eigenvalue weighted by atomic mass is 10.4. The van der Waals surface area contributed by atoms with Crippen molar-refractivity contribution in [3.05, 3.63) is 75.6 Å². The second kappa shape index (κ2) is 16.0. The maximum Gasteiger partial charge on any atom is 0.333 e. The average Bonchev–Trinajstić information content (AvgIpc) is 3.64. The monoisotopic (exact) mass is 906 g/mol. The minimum absolute atomic E-state index is 0.00870. The van der Waals surface area contributed by atoms with E-state index in [2.05, 4.69) is 70.3 Å². The van der Waals surface area contributed by atoms with Crippen LogP contribution in [-0.4, -0.2) is 86.7 Å². The Morgan fingerprint density at radius 3 is 1.51 bits per heavy atom. The molecule has 6 rings (SSSR count). The van der Waals surface area contributed by atoms with Gasteiger partial charge < -0.3 is 20.6 Å². The quantitative estimate of drug-likeness (QED) is 0.104. The highest BCUT2D eigenvalue weighted by Crippen LogP contribution is 2.15. The number of sulfone groups is 2. The van der Waals surface area contributed by atoms with Crippen LogP contribution in [0.25, 0.3) is 22.3 Å². The smallest absolute Gasteiger partial charge is 0.333 e. The first-order valence-corrected chi connectivity index (χ1v) is 19.9. The van der Waals surface area contributed by atoms with Crippen LogP contribution in [0.4, 0.5) is 11.9 Å². The third-order valence-corrected chi connectivity index (χ3v) is 9.97. The predicted molar refractivity (Wildman–Crippen MR) is 208 cm³/mol. The fourth-order valence-corrected chi connectivity index (χ4v) is 6.95. The van der Waals surface area contributed by atoms with E-state index in [1.54, 1.807) is 18.3 Å². The molecule has 0 amide bonds. The maximum atomic E-state index is 12.5. The number of nitrogens with zero attached hydrogens (tertiary/aromatic N) is 12. The number of terminal acetylenes is 1. The van der Waals surface area contributed by atoms with Crippen molar-refractivity contribution >= 4 is 76.5 Å². The zero-order chi connectivity index (χ0) is 41.2. The minimum atomic E-state index is -3.70. The van der Waals surface area contributed by atoms with Gasteiger partial charge in [0, 0.05) is 53.1 Å². The van der Waals surface area contributed by atoms with Crippen LogP contribution in [-0.2, 0) is 61.0 Å². The highest BCUT2D eigenvalue weighted by Gasteiger charge is 2.24. The van der Waals surface area contributed by atoms with Gasteiger partial charge in [-0.3, -0.25) is 27.9 Å². The maximum absolute atomic E-state index is 12.5. The molecule has 55 heavy (non-hydrogen) atoms. The Balaban J connectivity index is 0.000000209. The summed E-state index contributed by atoms with van der Waals surface area (Å²) in [4.78, 5) is 72.1. The van der Waals surface area contributed by atoms with Crippen LogP contribution in [0.1, 0.15) is 5.69 Å². The number of nitrogen functional groups attached to an aromatic ring is 2. The van der Waals surface area contributed by atoms with Crippen molar-refractivity contribution < 1.29 is 16.8 Å². The van der Waals surface area contributed by atoms with Gasteiger partial charge in [0.1, 0.15) is 9.39 Å². The summed E-state index contributed by atoms with van der Waals surface area (Å²) in [6.45, 7) is -0.239. The third kappa shape index (κ3) is 8.79. The minimum Gasteiger partial charge on any atom is -0.368 e. The lowest BCUT2D eigenvalue weighted by Gasteiger charge is -2.05. The first kappa shape index (κ1) is 41.6. The molecule has 0 aliphatic carbocycles.